The fourth-order valence-corrected chi connectivity index (χ4v) is 3.32. The van der Waals surface area contributed by atoms with Crippen LogP contribution in [0.2, 0.25) is 0 Å². The lowest BCUT2D eigenvalue weighted by Crippen LogP contribution is -2.43. The first-order valence-electron chi connectivity index (χ1n) is 7.41. The van der Waals surface area contributed by atoms with Crippen molar-refractivity contribution in [3.63, 3.8) is 0 Å². The van der Waals surface area contributed by atoms with E-state index in [2.05, 4.69) is 10.3 Å². The number of rotatable bonds is 5. The van der Waals surface area contributed by atoms with E-state index in [4.69, 9.17) is 0 Å². The second-order valence-electron chi connectivity index (χ2n) is 5.37. The number of likely N-dealkylation sites (tertiary alicyclic amines) is 1. The molecule has 1 aliphatic heterocycles. The number of thiazole rings is 1. The molecule has 1 unspecified atom stereocenters. The minimum Gasteiger partial charge on any atom is -0.345 e. The Bertz CT molecular complexity index is 574. The molecule has 1 aromatic heterocycles. The van der Waals surface area contributed by atoms with Crippen molar-refractivity contribution in [2.75, 3.05) is 13.1 Å². The lowest BCUT2D eigenvalue weighted by atomic mass is 10.1. The molecule has 0 spiro atoms. The first-order valence-corrected chi connectivity index (χ1v) is 8.29. The molecule has 2 rings (SSSR count). The van der Waals surface area contributed by atoms with Crippen molar-refractivity contribution in [3.8, 4) is 0 Å². The number of carbonyl (C=O) groups is 2. The van der Waals surface area contributed by atoms with Crippen LogP contribution in [-0.4, -0.2) is 34.8 Å². The molecule has 1 N–H and O–H groups in total. The van der Waals surface area contributed by atoms with Crippen molar-refractivity contribution >= 4 is 23.2 Å². The van der Waals surface area contributed by atoms with E-state index >= 15 is 0 Å². The molecule has 0 aliphatic carbocycles. The first kappa shape index (κ1) is 17.7. The smallest absolute Gasteiger partial charge is 0.345 e. The number of halogens is 3. The summed E-state index contributed by atoms with van der Waals surface area (Å²) in [5.41, 5.74) is -0.948. The number of alkyl halides is 3. The third-order valence-corrected chi connectivity index (χ3v) is 4.57. The Morgan fingerprint density at radius 2 is 2.22 bits per heavy atom. The fraction of sp³-hybridized carbons (Fsp3) is 0.643. The summed E-state index contributed by atoms with van der Waals surface area (Å²) in [5.74, 6) is -0.441. The second-order valence-corrected chi connectivity index (χ2v) is 6.26. The molecular weight excluding hydrogens is 331 g/mol. The molecule has 23 heavy (non-hydrogen) atoms. The van der Waals surface area contributed by atoms with E-state index in [9.17, 15) is 22.8 Å². The van der Waals surface area contributed by atoms with Crippen LogP contribution in [0.15, 0.2) is 5.38 Å². The molecule has 128 valence electrons. The first-order chi connectivity index (χ1) is 10.8. The number of hydrogen-bond donors (Lipinski definition) is 1. The van der Waals surface area contributed by atoms with Gasteiger partial charge in [0, 0.05) is 18.3 Å². The molecule has 1 atom stereocenters. The molecule has 0 aromatic carbocycles. The van der Waals surface area contributed by atoms with Crippen LogP contribution < -0.4 is 5.32 Å². The Morgan fingerprint density at radius 3 is 2.78 bits per heavy atom. The molecule has 1 aromatic rings. The second kappa shape index (κ2) is 7.29. The summed E-state index contributed by atoms with van der Waals surface area (Å²) in [7, 11) is 0. The van der Waals surface area contributed by atoms with Gasteiger partial charge in [-0.3, -0.25) is 9.59 Å². The Morgan fingerprint density at radius 1 is 1.48 bits per heavy atom. The van der Waals surface area contributed by atoms with Gasteiger partial charge in [-0.1, -0.05) is 6.92 Å². The van der Waals surface area contributed by atoms with E-state index in [-0.39, 0.29) is 23.4 Å². The van der Waals surface area contributed by atoms with Crippen LogP contribution in [0.1, 0.15) is 49.4 Å². The predicted octanol–water partition coefficient (Wildman–Crippen LogP) is 2.74. The lowest BCUT2D eigenvalue weighted by Gasteiger charge is -2.26. The highest BCUT2D eigenvalue weighted by Gasteiger charge is 2.34. The SMILES string of the molecule is CCC(NC(=O)CN1CCCCC1=O)c1nc(C(F)(F)F)cs1. The number of piperidine rings is 1. The molecule has 0 saturated carbocycles. The highest BCUT2D eigenvalue weighted by molar-refractivity contribution is 7.09. The van der Waals surface area contributed by atoms with Gasteiger partial charge in [0.15, 0.2) is 5.69 Å². The maximum Gasteiger partial charge on any atom is 0.434 e. The predicted molar refractivity (Wildman–Crippen MR) is 78.7 cm³/mol. The van der Waals surface area contributed by atoms with Crippen LogP contribution in [0.25, 0.3) is 0 Å². The van der Waals surface area contributed by atoms with Gasteiger partial charge in [0.25, 0.3) is 0 Å². The van der Waals surface area contributed by atoms with E-state index in [1.807, 2.05) is 0 Å². The Labute approximate surface area is 135 Å². The summed E-state index contributed by atoms with van der Waals surface area (Å²) in [5, 5.41) is 3.83. The summed E-state index contributed by atoms with van der Waals surface area (Å²) >= 11 is 0.871. The highest BCUT2D eigenvalue weighted by Crippen LogP contribution is 2.32. The van der Waals surface area contributed by atoms with Gasteiger partial charge < -0.3 is 10.2 Å². The van der Waals surface area contributed by atoms with Crippen molar-refractivity contribution in [1.82, 2.24) is 15.2 Å². The minimum atomic E-state index is -4.49. The molecule has 0 bridgehead atoms. The number of hydrogen-bond acceptors (Lipinski definition) is 4. The van der Waals surface area contributed by atoms with Gasteiger partial charge in [-0.05, 0) is 19.3 Å². The van der Waals surface area contributed by atoms with E-state index in [1.165, 1.54) is 4.90 Å². The fourth-order valence-electron chi connectivity index (χ4n) is 2.36. The Balaban J connectivity index is 1.97. The molecule has 5 nitrogen and oxygen atoms in total. The van der Waals surface area contributed by atoms with Crippen LogP contribution in [0.5, 0.6) is 0 Å². The van der Waals surface area contributed by atoms with Gasteiger partial charge in [0.2, 0.25) is 11.8 Å². The summed E-state index contributed by atoms with van der Waals surface area (Å²) in [6.45, 7) is 2.23. The zero-order valence-electron chi connectivity index (χ0n) is 12.7. The normalized spacial score (nSPS) is 17.2. The third-order valence-electron chi connectivity index (χ3n) is 3.61. The largest absolute Gasteiger partial charge is 0.434 e. The standard InChI is InChI=1S/C14H18F3N3O2S/c1-2-9(13-19-10(8-23-13)14(15,16)17)18-11(21)7-20-6-4-3-5-12(20)22/h8-9H,2-7H2,1H3,(H,18,21). The van der Waals surface area contributed by atoms with Crippen molar-refractivity contribution in [2.45, 2.75) is 44.8 Å². The topological polar surface area (TPSA) is 62.3 Å². The average molecular weight is 349 g/mol. The zero-order chi connectivity index (χ0) is 17.0. The molecule has 2 amide bonds. The summed E-state index contributed by atoms with van der Waals surface area (Å²) in [4.78, 5) is 28.8. The highest BCUT2D eigenvalue weighted by atomic mass is 32.1. The van der Waals surface area contributed by atoms with Crippen LogP contribution in [0, 0.1) is 0 Å². The minimum absolute atomic E-state index is 0.0620. The van der Waals surface area contributed by atoms with Crippen molar-refractivity contribution in [2.24, 2.45) is 0 Å². The molecule has 1 fully saturated rings. The van der Waals surface area contributed by atoms with E-state index in [0.29, 0.717) is 19.4 Å². The molecule has 1 aliphatic rings. The van der Waals surface area contributed by atoms with Crippen molar-refractivity contribution in [1.29, 1.82) is 0 Å². The lowest BCUT2D eigenvalue weighted by molar-refractivity contribution is -0.141. The number of carbonyl (C=O) groups excluding carboxylic acids is 2. The van der Waals surface area contributed by atoms with Gasteiger partial charge in [-0.15, -0.1) is 11.3 Å². The molecule has 9 heteroatoms. The van der Waals surface area contributed by atoms with Crippen LogP contribution in [0.4, 0.5) is 13.2 Å². The van der Waals surface area contributed by atoms with Gasteiger partial charge in [0.05, 0.1) is 12.6 Å². The summed E-state index contributed by atoms with van der Waals surface area (Å²) in [6.07, 6.45) is -1.95. The van der Waals surface area contributed by atoms with Crippen LogP contribution in [-0.2, 0) is 15.8 Å². The Hall–Kier alpha value is -1.64. The van der Waals surface area contributed by atoms with Crippen LogP contribution >= 0.6 is 11.3 Å². The number of aromatic nitrogens is 1. The third kappa shape index (κ3) is 4.66. The van der Waals surface area contributed by atoms with E-state index in [1.54, 1.807) is 6.92 Å². The average Bonchev–Trinajstić information content (AvgIpc) is 2.97. The maximum absolute atomic E-state index is 12.6. The molecule has 1 saturated heterocycles. The van der Waals surface area contributed by atoms with Crippen molar-refractivity contribution < 1.29 is 22.8 Å². The van der Waals surface area contributed by atoms with Gasteiger partial charge in [-0.25, -0.2) is 4.98 Å². The van der Waals surface area contributed by atoms with Crippen molar-refractivity contribution in [3.05, 3.63) is 16.1 Å². The van der Waals surface area contributed by atoms with Gasteiger partial charge in [0.1, 0.15) is 5.01 Å². The number of nitrogens with one attached hydrogen (secondary N) is 1. The van der Waals surface area contributed by atoms with Gasteiger partial charge in [-0.2, -0.15) is 13.2 Å². The molecular formula is C14H18F3N3O2S. The number of amides is 2. The van der Waals surface area contributed by atoms with E-state index in [0.717, 1.165) is 29.6 Å². The van der Waals surface area contributed by atoms with Gasteiger partial charge >= 0.3 is 6.18 Å². The molecule has 2 heterocycles. The maximum atomic E-state index is 12.6. The zero-order valence-corrected chi connectivity index (χ0v) is 13.5. The molecule has 0 radical (unpaired) electrons. The van der Waals surface area contributed by atoms with E-state index < -0.39 is 17.9 Å². The quantitative estimate of drug-likeness (QED) is 0.889. The summed E-state index contributed by atoms with van der Waals surface area (Å²) in [6, 6.07) is -0.580. The summed E-state index contributed by atoms with van der Waals surface area (Å²) < 4.78 is 37.8. The van der Waals surface area contributed by atoms with Crippen LogP contribution in [0.3, 0.4) is 0 Å². The monoisotopic (exact) mass is 349 g/mol. The Kier molecular flexibility index (Phi) is 5.61. The number of nitrogens with zero attached hydrogens (tertiary/aromatic N) is 2.